The molecular formula is C18H24N6O2. The van der Waals surface area contributed by atoms with Gasteiger partial charge in [-0.25, -0.2) is 0 Å². The summed E-state index contributed by atoms with van der Waals surface area (Å²) in [6, 6.07) is 7.74. The molecule has 1 aliphatic heterocycles. The molecule has 138 valence electrons. The Bertz CT molecular complexity index is 798. The molecule has 26 heavy (non-hydrogen) atoms. The Kier molecular flexibility index (Phi) is 4.92. The lowest BCUT2D eigenvalue weighted by Crippen LogP contribution is -2.39. The van der Waals surface area contributed by atoms with E-state index < -0.39 is 4.92 Å². The van der Waals surface area contributed by atoms with Crippen LogP contribution in [-0.4, -0.2) is 28.0 Å². The number of nitrogens with one attached hydrogen (secondary N) is 1. The number of nitro groups is 1. The normalized spacial score (nSPS) is 20.0. The first-order chi connectivity index (χ1) is 12.3. The van der Waals surface area contributed by atoms with Crippen molar-refractivity contribution in [3.05, 3.63) is 39.9 Å². The summed E-state index contributed by atoms with van der Waals surface area (Å²) in [5.41, 5.74) is 7.63. The third kappa shape index (κ3) is 3.84. The second-order valence-electron chi connectivity index (χ2n) is 7.20. The minimum atomic E-state index is -0.496. The van der Waals surface area contributed by atoms with Crippen molar-refractivity contribution in [1.29, 1.82) is 0 Å². The first kappa shape index (κ1) is 17.9. The average Bonchev–Trinajstić information content (AvgIpc) is 2.55. The second-order valence-corrected chi connectivity index (χ2v) is 7.20. The summed E-state index contributed by atoms with van der Waals surface area (Å²) in [4.78, 5) is 21.6. The fraction of sp³-hybridized carbons (Fsp3) is 0.444. The fourth-order valence-corrected chi connectivity index (χ4v) is 3.51. The zero-order valence-corrected chi connectivity index (χ0v) is 15.3. The van der Waals surface area contributed by atoms with E-state index in [1.165, 1.54) is 0 Å². The van der Waals surface area contributed by atoms with E-state index in [4.69, 9.17) is 5.73 Å². The van der Waals surface area contributed by atoms with Crippen LogP contribution in [0.1, 0.15) is 25.8 Å². The zero-order chi connectivity index (χ0) is 18.8. The van der Waals surface area contributed by atoms with Crippen LogP contribution in [0, 0.1) is 28.9 Å². The summed E-state index contributed by atoms with van der Waals surface area (Å²) in [6.07, 6.45) is 1.10. The summed E-state index contributed by atoms with van der Waals surface area (Å²) >= 11 is 0. The molecule has 0 aliphatic carbocycles. The number of benzene rings is 1. The summed E-state index contributed by atoms with van der Waals surface area (Å²) in [7, 11) is 0. The minimum absolute atomic E-state index is 0.125. The number of nitrogen functional groups attached to an aromatic ring is 1. The molecule has 1 aromatic heterocycles. The highest BCUT2D eigenvalue weighted by Crippen LogP contribution is 2.35. The fourth-order valence-electron chi connectivity index (χ4n) is 3.51. The number of nitrogens with two attached hydrogens (primary N) is 1. The van der Waals surface area contributed by atoms with Crippen LogP contribution >= 0.6 is 0 Å². The van der Waals surface area contributed by atoms with Gasteiger partial charge in [-0.15, -0.1) is 0 Å². The van der Waals surface area contributed by atoms with E-state index in [0.717, 1.165) is 17.7 Å². The lowest BCUT2D eigenvalue weighted by molar-refractivity contribution is -0.383. The summed E-state index contributed by atoms with van der Waals surface area (Å²) in [5.74, 6) is 1.29. The first-order valence-electron chi connectivity index (χ1n) is 8.74. The van der Waals surface area contributed by atoms with Crippen molar-refractivity contribution in [2.75, 3.05) is 29.0 Å². The monoisotopic (exact) mass is 356 g/mol. The van der Waals surface area contributed by atoms with E-state index >= 15 is 0 Å². The topological polar surface area (TPSA) is 110 Å². The Hall–Kier alpha value is -2.90. The van der Waals surface area contributed by atoms with Crippen molar-refractivity contribution in [2.24, 2.45) is 11.8 Å². The molecule has 0 spiro atoms. The molecule has 0 saturated carbocycles. The SMILES string of the molecule is Cc1ccc(Nc2nc(N)c([N+](=O)[O-])c(N3C[C@@H](C)C[C@H](C)C3)n2)cc1. The molecule has 2 heterocycles. The van der Waals surface area contributed by atoms with Gasteiger partial charge < -0.3 is 16.0 Å². The quantitative estimate of drug-likeness (QED) is 0.637. The van der Waals surface area contributed by atoms with Crippen LogP contribution in [0.25, 0.3) is 0 Å². The molecule has 2 aromatic rings. The third-order valence-corrected chi connectivity index (χ3v) is 4.55. The molecule has 8 heteroatoms. The van der Waals surface area contributed by atoms with E-state index in [2.05, 4.69) is 29.1 Å². The highest BCUT2D eigenvalue weighted by molar-refractivity contribution is 5.72. The van der Waals surface area contributed by atoms with Crippen molar-refractivity contribution >= 4 is 29.0 Å². The largest absolute Gasteiger partial charge is 0.378 e. The molecule has 0 unspecified atom stereocenters. The van der Waals surface area contributed by atoms with Crippen molar-refractivity contribution in [1.82, 2.24) is 9.97 Å². The smallest absolute Gasteiger partial charge is 0.353 e. The molecule has 1 saturated heterocycles. The minimum Gasteiger partial charge on any atom is -0.378 e. The first-order valence-corrected chi connectivity index (χ1v) is 8.74. The van der Waals surface area contributed by atoms with E-state index in [1.54, 1.807) is 0 Å². The number of hydrogen-bond acceptors (Lipinski definition) is 7. The Labute approximate surface area is 152 Å². The predicted molar refractivity (Wildman–Crippen MR) is 103 cm³/mol. The maximum atomic E-state index is 11.6. The maximum Gasteiger partial charge on any atom is 0.353 e. The molecule has 8 nitrogen and oxygen atoms in total. The maximum absolute atomic E-state index is 11.6. The Balaban J connectivity index is 1.99. The standard InChI is InChI=1S/C18H24N6O2/c1-11-4-6-14(7-5-11)20-18-21-16(19)15(24(25)26)17(22-18)23-9-12(2)8-13(3)10-23/h4-7,12-13H,8-10H2,1-3H3,(H3,19,20,21,22)/t12-,13-/m0/s1. The van der Waals surface area contributed by atoms with Crippen LogP contribution in [0.15, 0.2) is 24.3 Å². The van der Waals surface area contributed by atoms with Gasteiger partial charge in [0, 0.05) is 18.8 Å². The van der Waals surface area contributed by atoms with Gasteiger partial charge in [-0.05, 0) is 37.3 Å². The van der Waals surface area contributed by atoms with Gasteiger partial charge >= 0.3 is 5.69 Å². The average molecular weight is 356 g/mol. The van der Waals surface area contributed by atoms with Gasteiger partial charge in [0.25, 0.3) is 0 Å². The zero-order valence-electron chi connectivity index (χ0n) is 15.3. The van der Waals surface area contributed by atoms with Gasteiger partial charge in [-0.2, -0.15) is 9.97 Å². The second kappa shape index (κ2) is 7.15. The molecule has 2 atom stereocenters. The van der Waals surface area contributed by atoms with Gasteiger partial charge in [-0.1, -0.05) is 31.5 Å². The number of nitrogens with zero attached hydrogens (tertiary/aromatic N) is 4. The van der Waals surface area contributed by atoms with Gasteiger partial charge in [0.15, 0.2) is 0 Å². The Morgan fingerprint density at radius 1 is 1.19 bits per heavy atom. The van der Waals surface area contributed by atoms with Crippen LogP contribution in [0.2, 0.25) is 0 Å². The molecule has 1 aliphatic rings. The number of aryl methyl sites for hydroxylation is 1. The van der Waals surface area contributed by atoms with Gasteiger partial charge in [0.1, 0.15) is 0 Å². The molecule has 3 N–H and O–H groups in total. The van der Waals surface area contributed by atoms with Crippen LogP contribution < -0.4 is 16.0 Å². The van der Waals surface area contributed by atoms with Crippen LogP contribution in [-0.2, 0) is 0 Å². The highest BCUT2D eigenvalue weighted by atomic mass is 16.6. The van der Waals surface area contributed by atoms with E-state index in [1.807, 2.05) is 36.1 Å². The summed E-state index contributed by atoms with van der Waals surface area (Å²) in [6.45, 7) is 7.72. The van der Waals surface area contributed by atoms with E-state index in [0.29, 0.717) is 24.9 Å². The lowest BCUT2D eigenvalue weighted by atomic mass is 9.92. The van der Waals surface area contributed by atoms with Crippen molar-refractivity contribution in [2.45, 2.75) is 27.2 Å². The number of aromatic nitrogens is 2. The van der Waals surface area contributed by atoms with Crippen molar-refractivity contribution < 1.29 is 4.92 Å². The lowest BCUT2D eigenvalue weighted by Gasteiger charge is -2.35. The van der Waals surface area contributed by atoms with E-state index in [9.17, 15) is 10.1 Å². The number of piperidine rings is 1. The summed E-state index contributed by atoms with van der Waals surface area (Å²) < 4.78 is 0. The molecule has 1 fully saturated rings. The highest BCUT2D eigenvalue weighted by Gasteiger charge is 2.31. The Morgan fingerprint density at radius 2 is 1.81 bits per heavy atom. The molecular weight excluding hydrogens is 332 g/mol. The number of anilines is 4. The van der Waals surface area contributed by atoms with Crippen molar-refractivity contribution in [3.8, 4) is 0 Å². The van der Waals surface area contributed by atoms with Gasteiger partial charge in [0.05, 0.1) is 4.92 Å². The van der Waals surface area contributed by atoms with Gasteiger partial charge in [0.2, 0.25) is 17.6 Å². The molecule has 1 aromatic carbocycles. The van der Waals surface area contributed by atoms with E-state index in [-0.39, 0.29) is 23.3 Å². The molecule has 0 amide bonds. The van der Waals surface area contributed by atoms with Crippen LogP contribution in [0.3, 0.4) is 0 Å². The Morgan fingerprint density at radius 3 is 2.38 bits per heavy atom. The van der Waals surface area contributed by atoms with Crippen molar-refractivity contribution in [3.63, 3.8) is 0 Å². The summed E-state index contributed by atoms with van der Waals surface area (Å²) in [5, 5.41) is 14.6. The number of hydrogen-bond donors (Lipinski definition) is 2. The molecule has 3 rings (SSSR count). The van der Waals surface area contributed by atoms with Crippen LogP contribution in [0.5, 0.6) is 0 Å². The number of rotatable bonds is 4. The molecule has 0 bridgehead atoms. The van der Waals surface area contributed by atoms with Gasteiger partial charge in [-0.3, -0.25) is 10.1 Å². The predicted octanol–water partition coefficient (Wildman–Crippen LogP) is 3.50. The third-order valence-electron chi connectivity index (χ3n) is 4.55. The molecule has 0 radical (unpaired) electrons. The van der Waals surface area contributed by atoms with Crippen LogP contribution in [0.4, 0.5) is 29.0 Å².